The standard InChI is InChI=1S/C18H25FN6O3/c1-18(15(26)23-17(27)24-18)12-5-9-25(10-6-12)16(20-2)22-8-11-28-14-13(19)4-3-7-21-14/h3-4,7,12H,5-6,8-11H2,1-2H3,(H,20,22)(H2,23,24,26,27). The zero-order valence-corrected chi connectivity index (χ0v) is 16.0. The van der Waals surface area contributed by atoms with Gasteiger partial charge in [0.05, 0.1) is 6.54 Å². The quantitative estimate of drug-likeness (QED) is 0.291. The highest BCUT2D eigenvalue weighted by Crippen LogP contribution is 2.30. The smallest absolute Gasteiger partial charge is 0.322 e. The summed E-state index contributed by atoms with van der Waals surface area (Å²) in [5.74, 6) is -0.00884. The van der Waals surface area contributed by atoms with Gasteiger partial charge in [-0.1, -0.05) is 0 Å². The number of piperidine rings is 1. The van der Waals surface area contributed by atoms with E-state index in [4.69, 9.17) is 4.74 Å². The summed E-state index contributed by atoms with van der Waals surface area (Å²) in [6.45, 7) is 3.87. The minimum Gasteiger partial charge on any atom is -0.474 e. The molecule has 10 heteroatoms. The lowest BCUT2D eigenvalue weighted by Gasteiger charge is -2.39. The molecule has 152 valence electrons. The van der Waals surface area contributed by atoms with Crippen LogP contribution >= 0.6 is 0 Å². The molecular formula is C18H25FN6O3. The van der Waals surface area contributed by atoms with Crippen molar-refractivity contribution < 1.29 is 18.7 Å². The Bertz CT molecular complexity index is 765. The van der Waals surface area contributed by atoms with Crippen LogP contribution in [0.25, 0.3) is 0 Å². The van der Waals surface area contributed by atoms with E-state index in [0.29, 0.717) is 25.6 Å². The summed E-state index contributed by atoms with van der Waals surface area (Å²) in [6.07, 6.45) is 2.98. The Morgan fingerprint density at radius 1 is 1.46 bits per heavy atom. The van der Waals surface area contributed by atoms with Gasteiger partial charge in [0.1, 0.15) is 12.1 Å². The normalized spacial score (nSPS) is 23.4. The molecule has 0 aliphatic carbocycles. The van der Waals surface area contributed by atoms with Gasteiger partial charge >= 0.3 is 6.03 Å². The van der Waals surface area contributed by atoms with Crippen LogP contribution < -0.4 is 20.7 Å². The lowest BCUT2D eigenvalue weighted by Crippen LogP contribution is -2.55. The molecule has 3 N–H and O–H groups in total. The van der Waals surface area contributed by atoms with Crippen LogP contribution in [0.5, 0.6) is 5.88 Å². The summed E-state index contributed by atoms with van der Waals surface area (Å²) in [4.78, 5) is 33.8. The number of pyridine rings is 1. The maximum atomic E-state index is 13.5. The van der Waals surface area contributed by atoms with Crippen LogP contribution in [0, 0.1) is 11.7 Å². The Labute approximate surface area is 162 Å². The molecule has 3 heterocycles. The number of likely N-dealkylation sites (tertiary alicyclic amines) is 1. The number of imide groups is 1. The van der Waals surface area contributed by atoms with Crippen molar-refractivity contribution in [3.05, 3.63) is 24.1 Å². The SMILES string of the molecule is CN=C(NCCOc1ncccc1F)N1CCC(C2(C)NC(=O)NC2=O)CC1. The average molecular weight is 392 g/mol. The Balaban J connectivity index is 1.46. The number of carbonyl (C=O) groups excluding carboxylic acids is 2. The van der Waals surface area contributed by atoms with Crippen molar-refractivity contribution in [3.8, 4) is 5.88 Å². The van der Waals surface area contributed by atoms with Crippen LogP contribution in [0.3, 0.4) is 0 Å². The topological polar surface area (TPSA) is 108 Å². The minimum absolute atomic E-state index is 0.0229. The fourth-order valence-electron chi connectivity index (χ4n) is 3.63. The molecule has 9 nitrogen and oxygen atoms in total. The molecule has 0 bridgehead atoms. The van der Waals surface area contributed by atoms with Gasteiger partial charge in [-0.25, -0.2) is 14.2 Å². The summed E-state index contributed by atoms with van der Waals surface area (Å²) in [5, 5.41) is 8.26. The zero-order chi connectivity index (χ0) is 20.1. The highest BCUT2D eigenvalue weighted by molar-refractivity contribution is 6.07. The number of ether oxygens (including phenoxy) is 1. The fraction of sp³-hybridized carbons (Fsp3) is 0.556. The molecule has 0 aromatic carbocycles. The predicted octanol–water partition coefficient (Wildman–Crippen LogP) is 0.485. The van der Waals surface area contributed by atoms with E-state index < -0.39 is 17.4 Å². The second kappa shape index (κ2) is 8.41. The molecule has 2 aliphatic rings. The van der Waals surface area contributed by atoms with Gasteiger partial charge in [-0.3, -0.25) is 15.1 Å². The van der Waals surface area contributed by atoms with E-state index in [0.717, 1.165) is 12.8 Å². The number of hydrogen-bond acceptors (Lipinski definition) is 5. The molecule has 0 saturated carbocycles. The Morgan fingerprint density at radius 3 is 2.82 bits per heavy atom. The van der Waals surface area contributed by atoms with Gasteiger partial charge in [0, 0.05) is 26.3 Å². The van der Waals surface area contributed by atoms with E-state index in [-0.39, 0.29) is 24.3 Å². The van der Waals surface area contributed by atoms with Crippen molar-refractivity contribution in [1.29, 1.82) is 0 Å². The van der Waals surface area contributed by atoms with E-state index in [9.17, 15) is 14.0 Å². The van der Waals surface area contributed by atoms with Gasteiger partial charge in [-0.05, 0) is 37.8 Å². The first kappa shape index (κ1) is 19.8. The van der Waals surface area contributed by atoms with Crippen molar-refractivity contribution in [3.63, 3.8) is 0 Å². The van der Waals surface area contributed by atoms with Gasteiger partial charge < -0.3 is 20.3 Å². The highest BCUT2D eigenvalue weighted by atomic mass is 19.1. The molecule has 3 amide bonds. The van der Waals surface area contributed by atoms with E-state index in [1.807, 2.05) is 0 Å². The van der Waals surface area contributed by atoms with Crippen molar-refractivity contribution in [2.24, 2.45) is 10.9 Å². The molecule has 0 spiro atoms. The number of nitrogens with one attached hydrogen (secondary N) is 3. The number of aliphatic imine (C=N–C) groups is 1. The summed E-state index contributed by atoms with van der Waals surface area (Å²) >= 11 is 0. The third-order valence-electron chi connectivity index (χ3n) is 5.24. The molecule has 1 atom stereocenters. The van der Waals surface area contributed by atoms with E-state index in [1.54, 1.807) is 14.0 Å². The monoisotopic (exact) mass is 392 g/mol. The van der Waals surface area contributed by atoms with Crippen molar-refractivity contribution in [1.82, 2.24) is 25.8 Å². The Hall–Kier alpha value is -2.91. The first-order chi connectivity index (χ1) is 13.4. The summed E-state index contributed by atoms with van der Waals surface area (Å²) in [7, 11) is 1.69. The third-order valence-corrected chi connectivity index (χ3v) is 5.24. The number of rotatable bonds is 5. The summed E-state index contributed by atoms with van der Waals surface area (Å²) in [6, 6.07) is 2.37. The van der Waals surface area contributed by atoms with E-state index in [1.165, 1.54) is 18.3 Å². The Morgan fingerprint density at radius 2 is 2.21 bits per heavy atom. The van der Waals surface area contributed by atoms with Crippen LogP contribution in [0.2, 0.25) is 0 Å². The summed E-state index contributed by atoms with van der Waals surface area (Å²) < 4.78 is 18.8. The predicted molar refractivity (Wildman–Crippen MR) is 100 cm³/mol. The van der Waals surface area contributed by atoms with Gasteiger partial charge in [0.25, 0.3) is 5.91 Å². The maximum absolute atomic E-state index is 13.5. The first-order valence-corrected chi connectivity index (χ1v) is 9.26. The summed E-state index contributed by atoms with van der Waals surface area (Å²) in [5.41, 5.74) is -0.860. The van der Waals surface area contributed by atoms with Gasteiger partial charge in [0.2, 0.25) is 5.88 Å². The van der Waals surface area contributed by atoms with Crippen LogP contribution in [0.15, 0.2) is 23.3 Å². The zero-order valence-electron chi connectivity index (χ0n) is 16.0. The second-order valence-electron chi connectivity index (χ2n) is 6.98. The number of amides is 3. The molecule has 2 fully saturated rings. The van der Waals surface area contributed by atoms with E-state index in [2.05, 4.69) is 30.8 Å². The molecule has 1 aromatic rings. The molecule has 1 aromatic heterocycles. The number of nitrogens with zero attached hydrogens (tertiary/aromatic N) is 3. The van der Waals surface area contributed by atoms with Crippen LogP contribution in [0.1, 0.15) is 19.8 Å². The van der Waals surface area contributed by atoms with Gasteiger partial charge in [-0.15, -0.1) is 0 Å². The number of aromatic nitrogens is 1. The van der Waals surface area contributed by atoms with Crippen molar-refractivity contribution in [2.75, 3.05) is 33.3 Å². The van der Waals surface area contributed by atoms with Crippen LogP contribution in [-0.4, -0.2) is 66.6 Å². The van der Waals surface area contributed by atoms with Crippen molar-refractivity contribution >= 4 is 17.9 Å². The molecule has 1 unspecified atom stereocenters. The van der Waals surface area contributed by atoms with Gasteiger partial charge in [-0.2, -0.15) is 0 Å². The van der Waals surface area contributed by atoms with Crippen LogP contribution in [-0.2, 0) is 4.79 Å². The molecule has 2 saturated heterocycles. The number of carbonyl (C=O) groups is 2. The molecular weight excluding hydrogens is 367 g/mol. The number of hydrogen-bond donors (Lipinski definition) is 3. The number of urea groups is 1. The maximum Gasteiger partial charge on any atom is 0.322 e. The molecule has 2 aliphatic heterocycles. The molecule has 0 radical (unpaired) electrons. The third kappa shape index (κ3) is 4.15. The lowest BCUT2D eigenvalue weighted by atomic mass is 9.79. The highest BCUT2D eigenvalue weighted by Gasteiger charge is 2.48. The van der Waals surface area contributed by atoms with Crippen molar-refractivity contribution in [2.45, 2.75) is 25.3 Å². The number of halogens is 1. The number of guanidine groups is 1. The van der Waals surface area contributed by atoms with Gasteiger partial charge in [0.15, 0.2) is 11.8 Å². The van der Waals surface area contributed by atoms with Crippen LogP contribution in [0.4, 0.5) is 9.18 Å². The average Bonchev–Trinajstić information content (AvgIpc) is 2.96. The second-order valence-corrected chi connectivity index (χ2v) is 6.98. The van der Waals surface area contributed by atoms with E-state index >= 15 is 0 Å². The fourth-order valence-corrected chi connectivity index (χ4v) is 3.63. The lowest BCUT2D eigenvalue weighted by molar-refractivity contribution is -0.125. The molecule has 28 heavy (non-hydrogen) atoms. The minimum atomic E-state index is -0.860. The largest absolute Gasteiger partial charge is 0.474 e. The first-order valence-electron chi connectivity index (χ1n) is 9.26. The Kier molecular flexibility index (Phi) is 5.96. The molecule has 3 rings (SSSR count).